The van der Waals surface area contributed by atoms with Gasteiger partial charge in [-0.05, 0) is 55.5 Å². The summed E-state index contributed by atoms with van der Waals surface area (Å²) < 4.78 is 0. The number of hydrogen-bond donors (Lipinski definition) is 3. The van der Waals surface area contributed by atoms with Crippen LogP contribution in [0.2, 0.25) is 0 Å². The number of piperidine rings is 1. The number of aryl methyl sites for hydroxylation is 1. The van der Waals surface area contributed by atoms with E-state index in [1.54, 1.807) is 14.1 Å². The van der Waals surface area contributed by atoms with Gasteiger partial charge in [-0.3, -0.25) is 9.79 Å². The number of hydrogen-bond acceptors (Lipinski definition) is 4. The van der Waals surface area contributed by atoms with Crippen LogP contribution in [-0.4, -0.2) is 56.6 Å². The van der Waals surface area contributed by atoms with E-state index < -0.39 is 0 Å². The van der Waals surface area contributed by atoms with Gasteiger partial charge in [-0.15, -0.1) is 0 Å². The predicted molar refractivity (Wildman–Crippen MR) is 122 cm³/mol. The molecule has 1 aliphatic heterocycles. The summed E-state index contributed by atoms with van der Waals surface area (Å²) in [5, 5.41) is 9.59. The Labute approximate surface area is 179 Å². The SMILES string of the molecule is CN=C(NCCc1cccc(C(=O)NC)c1)NC1CCN(c2ccc(C)cn2)CC1. The summed E-state index contributed by atoms with van der Waals surface area (Å²) in [7, 11) is 3.45. The predicted octanol–water partition coefficient (Wildman–Crippen LogP) is 2.13. The van der Waals surface area contributed by atoms with Gasteiger partial charge in [-0.2, -0.15) is 0 Å². The fourth-order valence-electron chi connectivity index (χ4n) is 3.63. The molecule has 0 unspecified atom stereocenters. The molecular weight excluding hydrogens is 376 g/mol. The van der Waals surface area contributed by atoms with Gasteiger partial charge in [0.25, 0.3) is 5.91 Å². The third-order valence-electron chi connectivity index (χ3n) is 5.40. The number of benzene rings is 1. The highest BCUT2D eigenvalue weighted by Crippen LogP contribution is 2.18. The van der Waals surface area contributed by atoms with Crippen molar-refractivity contribution < 1.29 is 4.79 Å². The number of amides is 1. The van der Waals surface area contributed by atoms with E-state index in [-0.39, 0.29) is 5.91 Å². The minimum absolute atomic E-state index is 0.0607. The topological polar surface area (TPSA) is 81.6 Å². The van der Waals surface area contributed by atoms with E-state index >= 15 is 0 Å². The Balaban J connectivity index is 1.43. The van der Waals surface area contributed by atoms with Gasteiger partial charge in [0.2, 0.25) is 0 Å². The van der Waals surface area contributed by atoms with Crippen molar-refractivity contribution in [2.45, 2.75) is 32.2 Å². The number of pyridine rings is 1. The van der Waals surface area contributed by atoms with Gasteiger partial charge in [-0.1, -0.05) is 18.2 Å². The zero-order valence-electron chi connectivity index (χ0n) is 18.1. The van der Waals surface area contributed by atoms with Gasteiger partial charge in [0.1, 0.15) is 5.82 Å². The number of aliphatic imine (C=N–C) groups is 1. The number of carbonyl (C=O) groups is 1. The molecule has 1 fully saturated rings. The summed E-state index contributed by atoms with van der Waals surface area (Å²) >= 11 is 0. The van der Waals surface area contributed by atoms with Crippen LogP contribution in [-0.2, 0) is 6.42 Å². The zero-order valence-corrected chi connectivity index (χ0v) is 18.1. The molecule has 1 saturated heterocycles. The zero-order chi connectivity index (χ0) is 21.3. The van der Waals surface area contributed by atoms with E-state index in [9.17, 15) is 4.79 Å². The minimum atomic E-state index is -0.0607. The van der Waals surface area contributed by atoms with Crippen molar-refractivity contribution in [1.82, 2.24) is 20.9 Å². The maximum Gasteiger partial charge on any atom is 0.251 e. The van der Waals surface area contributed by atoms with Gasteiger partial charge in [0.05, 0.1) is 0 Å². The Kier molecular flexibility index (Phi) is 7.65. The highest BCUT2D eigenvalue weighted by Gasteiger charge is 2.20. The smallest absolute Gasteiger partial charge is 0.251 e. The van der Waals surface area contributed by atoms with Crippen molar-refractivity contribution >= 4 is 17.7 Å². The quantitative estimate of drug-likeness (QED) is 0.504. The second-order valence-corrected chi connectivity index (χ2v) is 7.63. The van der Waals surface area contributed by atoms with Crippen LogP contribution in [0.1, 0.15) is 34.3 Å². The van der Waals surface area contributed by atoms with E-state index in [0.717, 1.165) is 56.2 Å². The Bertz CT molecular complexity index is 856. The van der Waals surface area contributed by atoms with E-state index in [4.69, 9.17) is 0 Å². The molecular formula is C23H32N6O. The summed E-state index contributed by atoms with van der Waals surface area (Å²) in [5.41, 5.74) is 3.00. The van der Waals surface area contributed by atoms with Crippen LogP contribution >= 0.6 is 0 Å². The molecule has 7 heteroatoms. The lowest BCUT2D eigenvalue weighted by Crippen LogP contribution is -2.49. The third-order valence-corrected chi connectivity index (χ3v) is 5.40. The molecule has 0 saturated carbocycles. The van der Waals surface area contributed by atoms with Crippen molar-refractivity contribution in [2.75, 3.05) is 38.6 Å². The normalized spacial score (nSPS) is 15.0. The fourth-order valence-corrected chi connectivity index (χ4v) is 3.63. The summed E-state index contributed by atoms with van der Waals surface area (Å²) in [5.74, 6) is 1.82. The lowest BCUT2D eigenvalue weighted by atomic mass is 10.1. The Morgan fingerprint density at radius 1 is 1.23 bits per heavy atom. The molecule has 1 aliphatic rings. The number of rotatable bonds is 6. The summed E-state index contributed by atoms with van der Waals surface area (Å²) in [6, 6.07) is 12.3. The fraction of sp³-hybridized carbons (Fsp3) is 0.435. The molecule has 0 bridgehead atoms. The number of nitrogens with one attached hydrogen (secondary N) is 3. The molecule has 30 heavy (non-hydrogen) atoms. The van der Waals surface area contributed by atoms with Crippen LogP contribution in [0.3, 0.4) is 0 Å². The molecule has 2 heterocycles. The maximum absolute atomic E-state index is 11.8. The van der Waals surface area contributed by atoms with E-state index in [0.29, 0.717) is 11.6 Å². The average molecular weight is 409 g/mol. The molecule has 0 atom stereocenters. The minimum Gasteiger partial charge on any atom is -0.356 e. The number of carbonyl (C=O) groups excluding carboxylic acids is 1. The molecule has 2 aromatic rings. The second kappa shape index (κ2) is 10.6. The van der Waals surface area contributed by atoms with Gasteiger partial charge in [-0.25, -0.2) is 4.98 Å². The van der Waals surface area contributed by atoms with Crippen LogP contribution in [0.5, 0.6) is 0 Å². The summed E-state index contributed by atoms with van der Waals surface area (Å²) in [4.78, 5) is 23.0. The van der Waals surface area contributed by atoms with Crippen LogP contribution in [0.15, 0.2) is 47.6 Å². The molecule has 7 nitrogen and oxygen atoms in total. The first-order chi connectivity index (χ1) is 14.6. The van der Waals surface area contributed by atoms with Crippen molar-refractivity contribution in [3.63, 3.8) is 0 Å². The molecule has 3 N–H and O–H groups in total. The van der Waals surface area contributed by atoms with Gasteiger partial charge < -0.3 is 20.9 Å². The van der Waals surface area contributed by atoms with E-state index in [1.807, 2.05) is 30.5 Å². The largest absolute Gasteiger partial charge is 0.356 e. The molecule has 1 aromatic carbocycles. The first-order valence-corrected chi connectivity index (χ1v) is 10.5. The number of aromatic nitrogens is 1. The highest BCUT2D eigenvalue weighted by atomic mass is 16.1. The molecule has 160 valence electrons. The lowest BCUT2D eigenvalue weighted by molar-refractivity contribution is 0.0963. The van der Waals surface area contributed by atoms with Crippen molar-refractivity contribution in [2.24, 2.45) is 4.99 Å². The van der Waals surface area contributed by atoms with Crippen LogP contribution < -0.4 is 20.9 Å². The first-order valence-electron chi connectivity index (χ1n) is 10.5. The number of guanidine groups is 1. The molecule has 1 aromatic heterocycles. The number of nitrogens with zero attached hydrogens (tertiary/aromatic N) is 3. The second-order valence-electron chi connectivity index (χ2n) is 7.63. The molecule has 3 rings (SSSR count). The molecule has 0 spiro atoms. The van der Waals surface area contributed by atoms with Crippen LogP contribution in [0, 0.1) is 6.92 Å². The summed E-state index contributed by atoms with van der Waals surface area (Å²) in [6.07, 6.45) is 4.84. The van der Waals surface area contributed by atoms with Gasteiger partial charge in [0, 0.05) is 51.5 Å². The van der Waals surface area contributed by atoms with E-state index in [1.165, 1.54) is 5.56 Å². The standard InChI is InChI=1S/C23H32N6O/c1-17-7-8-21(27-16-17)29-13-10-20(11-14-29)28-23(25-3)26-12-9-18-5-4-6-19(15-18)22(30)24-2/h4-8,15-16,20H,9-14H2,1-3H3,(H,24,30)(H2,25,26,28). The Hall–Kier alpha value is -3.09. The lowest BCUT2D eigenvalue weighted by Gasteiger charge is -2.33. The molecule has 0 radical (unpaired) electrons. The molecule has 0 aliphatic carbocycles. The van der Waals surface area contributed by atoms with Crippen LogP contribution in [0.4, 0.5) is 5.82 Å². The van der Waals surface area contributed by atoms with Gasteiger partial charge in [0.15, 0.2) is 5.96 Å². The monoisotopic (exact) mass is 408 g/mol. The van der Waals surface area contributed by atoms with Crippen molar-refractivity contribution in [3.05, 3.63) is 59.3 Å². The number of anilines is 1. The van der Waals surface area contributed by atoms with Crippen LogP contribution in [0.25, 0.3) is 0 Å². The highest BCUT2D eigenvalue weighted by molar-refractivity contribution is 5.94. The Morgan fingerprint density at radius 3 is 2.70 bits per heavy atom. The summed E-state index contributed by atoms with van der Waals surface area (Å²) in [6.45, 7) is 4.78. The average Bonchev–Trinajstić information content (AvgIpc) is 2.79. The third kappa shape index (κ3) is 5.95. The Morgan fingerprint density at radius 2 is 2.03 bits per heavy atom. The maximum atomic E-state index is 11.8. The van der Waals surface area contributed by atoms with E-state index in [2.05, 4.69) is 49.9 Å². The first kappa shape index (κ1) is 21.6. The van der Waals surface area contributed by atoms with Gasteiger partial charge >= 0.3 is 0 Å². The van der Waals surface area contributed by atoms with Crippen molar-refractivity contribution in [3.8, 4) is 0 Å². The van der Waals surface area contributed by atoms with Crippen molar-refractivity contribution in [1.29, 1.82) is 0 Å². The molecule has 1 amide bonds.